The molecule has 2 N–H and O–H groups in total. The van der Waals surface area contributed by atoms with Crippen LogP contribution in [0, 0.1) is 25.2 Å². The number of nitriles is 1. The summed E-state index contributed by atoms with van der Waals surface area (Å²) in [6.07, 6.45) is 5.84. The number of hydrogen-bond donors (Lipinski definition) is 2. The number of ether oxygens (including phenoxy) is 1. The third-order valence-electron chi connectivity index (χ3n) is 4.77. The number of nitrogens with zero attached hydrogens (tertiary/aromatic N) is 2. The molecular formula is C23H28N4O3S. The molecule has 1 amide bonds. The van der Waals surface area contributed by atoms with Crippen LogP contribution in [0.25, 0.3) is 0 Å². The van der Waals surface area contributed by atoms with Crippen LogP contribution in [0.5, 0.6) is 5.75 Å². The van der Waals surface area contributed by atoms with Crippen LogP contribution < -0.4 is 21.0 Å². The molecule has 0 aliphatic rings. The highest BCUT2D eigenvalue weighted by Crippen LogP contribution is 2.13. The van der Waals surface area contributed by atoms with Crippen LogP contribution in [0.2, 0.25) is 0 Å². The van der Waals surface area contributed by atoms with E-state index >= 15 is 0 Å². The standard InChI is InChI=1S/C23H28N4O3S/c1-4-5-6-7-8-13-30-19-11-9-18(10-12-19)21(28)25-23(31)26-27-17(3)14-16(2)20(15-24)22(27)29/h9-12,14H,4-8,13H2,1-3H3,(H2,25,26,28,31). The number of benzene rings is 1. The highest BCUT2D eigenvalue weighted by molar-refractivity contribution is 7.80. The average Bonchev–Trinajstić information content (AvgIpc) is 2.74. The number of aromatic nitrogens is 1. The number of amides is 1. The van der Waals surface area contributed by atoms with E-state index in [1.807, 2.05) is 6.07 Å². The van der Waals surface area contributed by atoms with Crippen molar-refractivity contribution in [2.75, 3.05) is 12.0 Å². The van der Waals surface area contributed by atoms with Crippen LogP contribution in [0.4, 0.5) is 0 Å². The lowest BCUT2D eigenvalue weighted by Crippen LogP contribution is -2.43. The lowest BCUT2D eigenvalue weighted by molar-refractivity contribution is 0.0977. The number of carbonyl (C=O) groups is 1. The number of aryl methyl sites for hydroxylation is 2. The monoisotopic (exact) mass is 440 g/mol. The molecule has 0 atom stereocenters. The quantitative estimate of drug-likeness (QED) is 0.453. The Morgan fingerprint density at radius 3 is 2.48 bits per heavy atom. The molecule has 0 unspecified atom stereocenters. The summed E-state index contributed by atoms with van der Waals surface area (Å²) in [5.41, 5.74) is 3.73. The van der Waals surface area contributed by atoms with Crippen molar-refractivity contribution in [3.8, 4) is 11.8 Å². The Labute approximate surface area is 188 Å². The molecule has 164 valence electrons. The molecule has 0 saturated carbocycles. The van der Waals surface area contributed by atoms with Crippen molar-refractivity contribution >= 4 is 23.2 Å². The second kappa shape index (κ2) is 11.9. The van der Waals surface area contributed by atoms with Gasteiger partial charge >= 0.3 is 0 Å². The molecule has 0 bridgehead atoms. The van der Waals surface area contributed by atoms with E-state index < -0.39 is 11.5 Å². The molecule has 0 aliphatic carbocycles. The first-order valence-corrected chi connectivity index (χ1v) is 10.8. The van der Waals surface area contributed by atoms with E-state index in [-0.39, 0.29) is 10.7 Å². The zero-order valence-corrected chi connectivity index (χ0v) is 19.0. The maximum atomic E-state index is 12.4. The van der Waals surface area contributed by atoms with Gasteiger partial charge in [0.15, 0.2) is 5.11 Å². The summed E-state index contributed by atoms with van der Waals surface area (Å²) >= 11 is 5.16. The van der Waals surface area contributed by atoms with Crippen molar-refractivity contribution in [2.45, 2.75) is 52.9 Å². The van der Waals surface area contributed by atoms with Crippen molar-refractivity contribution < 1.29 is 9.53 Å². The topological polar surface area (TPSA) is 96.2 Å². The first-order valence-electron chi connectivity index (χ1n) is 10.4. The van der Waals surface area contributed by atoms with Crippen LogP contribution >= 0.6 is 12.2 Å². The number of pyridine rings is 1. The number of carbonyl (C=O) groups excluding carboxylic acids is 1. The summed E-state index contributed by atoms with van der Waals surface area (Å²) < 4.78 is 6.85. The number of unbranched alkanes of at least 4 members (excludes halogenated alkanes) is 4. The molecule has 2 aromatic rings. The first kappa shape index (κ1) is 24.1. The summed E-state index contributed by atoms with van der Waals surface area (Å²) in [7, 11) is 0. The van der Waals surface area contributed by atoms with E-state index in [2.05, 4.69) is 17.7 Å². The van der Waals surface area contributed by atoms with Gasteiger partial charge in [-0.1, -0.05) is 32.6 Å². The maximum Gasteiger partial charge on any atom is 0.287 e. The second-order valence-corrected chi connectivity index (χ2v) is 7.69. The Hall–Kier alpha value is -3.18. The Morgan fingerprint density at radius 2 is 1.84 bits per heavy atom. The van der Waals surface area contributed by atoms with E-state index in [0.29, 0.717) is 29.2 Å². The molecule has 1 aromatic heterocycles. The van der Waals surface area contributed by atoms with Gasteiger partial charge in [-0.15, -0.1) is 0 Å². The van der Waals surface area contributed by atoms with Crippen molar-refractivity contribution in [1.82, 2.24) is 9.99 Å². The van der Waals surface area contributed by atoms with Crippen LogP contribution in [-0.2, 0) is 0 Å². The number of nitrogens with one attached hydrogen (secondary N) is 2. The molecule has 8 heteroatoms. The fourth-order valence-electron chi connectivity index (χ4n) is 3.07. The average molecular weight is 441 g/mol. The van der Waals surface area contributed by atoms with E-state index in [0.717, 1.165) is 17.5 Å². The molecule has 0 aliphatic heterocycles. The summed E-state index contributed by atoms with van der Waals surface area (Å²) in [6.45, 7) is 6.23. The molecule has 7 nitrogen and oxygen atoms in total. The van der Waals surface area contributed by atoms with E-state index in [4.69, 9.17) is 22.2 Å². The highest BCUT2D eigenvalue weighted by atomic mass is 32.1. The van der Waals surface area contributed by atoms with Crippen LogP contribution in [0.15, 0.2) is 35.1 Å². The summed E-state index contributed by atoms with van der Waals surface area (Å²) in [6, 6.07) is 10.4. The van der Waals surface area contributed by atoms with Crippen LogP contribution in [-0.4, -0.2) is 22.3 Å². The zero-order valence-electron chi connectivity index (χ0n) is 18.2. The van der Waals surface area contributed by atoms with Gasteiger partial charge in [0, 0.05) is 11.3 Å². The normalized spacial score (nSPS) is 10.3. The lowest BCUT2D eigenvalue weighted by Gasteiger charge is -2.15. The molecule has 31 heavy (non-hydrogen) atoms. The fraction of sp³-hybridized carbons (Fsp3) is 0.391. The van der Waals surface area contributed by atoms with Gasteiger partial charge in [-0.05, 0) is 68.4 Å². The van der Waals surface area contributed by atoms with E-state index in [9.17, 15) is 9.59 Å². The first-order chi connectivity index (χ1) is 14.9. The van der Waals surface area contributed by atoms with Crippen LogP contribution in [0.1, 0.15) is 66.2 Å². The molecular weight excluding hydrogens is 412 g/mol. The lowest BCUT2D eigenvalue weighted by atomic mass is 10.1. The SMILES string of the molecule is CCCCCCCOc1ccc(C(=O)NC(=S)Nn2c(C)cc(C)c(C#N)c2=O)cc1. The van der Waals surface area contributed by atoms with Crippen molar-refractivity contribution in [2.24, 2.45) is 0 Å². The Balaban J connectivity index is 1.92. The van der Waals surface area contributed by atoms with Crippen molar-refractivity contribution in [1.29, 1.82) is 5.26 Å². The minimum atomic E-state index is -0.521. The molecule has 0 spiro atoms. The third kappa shape index (κ3) is 6.93. The molecule has 1 heterocycles. The van der Waals surface area contributed by atoms with Gasteiger partial charge in [-0.25, -0.2) is 4.68 Å². The zero-order chi connectivity index (χ0) is 22.8. The molecule has 1 aromatic carbocycles. The van der Waals surface area contributed by atoms with Gasteiger partial charge in [0.2, 0.25) is 0 Å². The number of rotatable bonds is 9. The van der Waals surface area contributed by atoms with Crippen LogP contribution in [0.3, 0.4) is 0 Å². The number of hydrogen-bond acceptors (Lipinski definition) is 5. The second-order valence-electron chi connectivity index (χ2n) is 7.28. The highest BCUT2D eigenvalue weighted by Gasteiger charge is 2.13. The summed E-state index contributed by atoms with van der Waals surface area (Å²) in [5.74, 6) is 0.292. The van der Waals surface area contributed by atoms with Crippen molar-refractivity contribution in [3.63, 3.8) is 0 Å². The molecule has 0 saturated heterocycles. The third-order valence-corrected chi connectivity index (χ3v) is 4.97. The molecule has 2 rings (SSSR count). The van der Waals surface area contributed by atoms with Crippen molar-refractivity contribution in [3.05, 3.63) is 63.1 Å². The van der Waals surface area contributed by atoms with Gasteiger partial charge < -0.3 is 4.74 Å². The predicted molar refractivity (Wildman–Crippen MR) is 125 cm³/mol. The Bertz CT molecular complexity index is 1020. The largest absolute Gasteiger partial charge is 0.494 e. The maximum absolute atomic E-state index is 12.4. The minimum absolute atomic E-state index is 0.0215. The predicted octanol–water partition coefficient (Wildman–Crippen LogP) is 3.94. The Morgan fingerprint density at radius 1 is 1.16 bits per heavy atom. The smallest absolute Gasteiger partial charge is 0.287 e. The van der Waals surface area contributed by atoms with Gasteiger partial charge in [0.05, 0.1) is 6.61 Å². The van der Waals surface area contributed by atoms with Gasteiger partial charge in [-0.2, -0.15) is 5.26 Å². The van der Waals surface area contributed by atoms with E-state index in [1.54, 1.807) is 44.2 Å². The fourth-order valence-corrected chi connectivity index (χ4v) is 3.25. The minimum Gasteiger partial charge on any atom is -0.494 e. The summed E-state index contributed by atoms with van der Waals surface area (Å²) in [5, 5.41) is 11.7. The molecule has 0 radical (unpaired) electrons. The Kier molecular flexibility index (Phi) is 9.22. The van der Waals surface area contributed by atoms with Gasteiger partial charge in [-0.3, -0.25) is 20.3 Å². The van der Waals surface area contributed by atoms with E-state index in [1.165, 1.54) is 19.3 Å². The molecule has 0 fully saturated rings. The summed E-state index contributed by atoms with van der Waals surface area (Å²) in [4.78, 5) is 24.9. The van der Waals surface area contributed by atoms with Gasteiger partial charge in [0.25, 0.3) is 11.5 Å². The number of thiocarbonyl (C=S) groups is 1. The van der Waals surface area contributed by atoms with Gasteiger partial charge in [0.1, 0.15) is 17.4 Å².